The first-order valence-corrected chi connectivity index (χ1v) is 6.45. The van der Waals surface area contributed by atoms with E-state index < -0.39 is 5.91 Å². The van der Waals surface area contributed by atoms with Crippen LogP contribution in [0.2, 0.25) is 0 Å². The minimum Gasteiger partial charge on any atom is -0.369 e. The van der Waals surface area contributed by atoms with Gasteiger partial charge in [0, 0.05) is 25.2 Å². The zero-order valence-electron chi connectivity index (χ0n) is 10.7. The van der Waals surface area contributed by atoms with Crippen LogP contribution in [0, 0.1) is 0 Å². The molecule has 1 aromatic rings. The number of carbonyl (C=O) groups excluding carboxylic acids is 2. The van der Waals surface area contributed by atoms with E-state index in [4.69, 9.17) is 5.73 Å². The molecule has 0 saturated heterocycles. The number of nitrogens with two attached hydrogens (primary N) is 1. The number of anilines is 1. The third kappa shape index (κ3) is 4.24. The second-order valence-corrected chi connectivity index (χ2v) is 4.64. The van der Waals surface area contributed by atoms with Gasteiger partial charge in [0.2, 0.25) is 5.91 Å². The van der Waals surface area contributed by atoms with Gasteiger partial charge in [-0.15, -0.1) is 0 Å². The number of rotatable bonds is 7. The van der Waals surface area contributed by atoms with Gasteiger partial charge in [0.1, 0.15) is 5.82 Å². The number of primary amides is 1. The molecule has 1 fully saturated rings. The number of hydrogen-bond acceptors (Lipinski definition) is 4. The van der Waals surface area contributed by atoms with Gasteiger partial charge in [-0.25, -0.2) is 4.98 Å². The summed E-state index contributed by atoms with van der Waals surface area (Å²) in [4.78, 5) is 26.7. The summed E-state index contributed by atoms with van der Waals surface area (Å²) in [6, 6.07) is 3.68. The van der Waals surface area contributed by atoms with Gasteiger partial charge in [0.25, 0.3) is 5.91 Å². The first-order valence-electron chi connectivity index (χ1n) is 6.45. The molecule has 1 aliphatic carbocycles. The van der Waals surface area contributed by atoms with Gasteiger partial charge >= 0.3 is 0 Å². The van der Waals surface area contributed by atoms with Gasteiger partial charge < -0.3 is 16.4 Å². The Bertz CT molecular complexity index is 471. The molecule has 102 valence electrons. The Morgan fingerprint density at radius 3 is 2.89 bits per heavy atom. The van der Waals surface area contributed by atoms with Gasteiger partial charge in [0.15, 0.2) is 0 Å². The molecule has 0 radical (unpaired) electrons. The minimum atomic E-state index is -0.512. The van der Waals surface area contributed by atoms with Gasteiger partial charge in [-0.2, -0.15) is 0 Å². The zero-order chi connectivity index (χ0) is 13.7. The van der Waals surface area contributed by atoms with E-state index in [1.165, 1.54) is 0 Å². The predicted molar refractivity (Wildman–Crippen MR) is 71.6 cm³/mol. The molecule has 2 rings (SSSR count). The van der Waals surface area contributed by atoms with Crippen molar-refractivity contribution in [3.05, 3.63) is 23.9 Å². The predicted octanol–water partition coefficient (Wildman–Crippen LogP) is 0.651. The van der Waals surface area contributed by atoms with Crippen molar-refractivity contribution in [2.45, 2.75) is 31.7 Å². The fourth-order valence-corrected chi connectivity index (χ4v) is 1.73. The monoisotopic (exact) mass is 262 g/mol. The number of nitrogens with one attached hydrogen (secondary N) is 2. The molecule has 1 heterocycles. The maximum atomic E-state index is 11.5. The quantitative estimate of drug-likeness (QED) is 0.628. The largest absolute Gasteiger partial charge is 0.369 e. The van der Waals surface area contributed by atoms with E-state index in [-0.39, 0.29) is 5.91 Å². The Hall–Kier alpha value is -2.11. The molecule has 1 aliphatic rings. The Morgan fingerprint density at radius 1 is 1.42 bits per heavy atom. The van der Waals surface area contributed by atoms with E-state index in [0.717, 1.165) is 12.8 Å². The van der Waals surface area contributed by atoms with Crippen LogP contribution >= 0.6 is 0 Å². The highest BCUT2D eigenvalue weighted by molar-refractivity contribution is 5.97. The molecule has 0 atom stereocenters. The molecule has 0 unspecified atom stereocenters. The number of amides is 2. The Balaban J connectivity index is 1.72. The van der Waals surface area contributed by atoms with Crippen LogP contribution in [-0.2, 0) is 4.79 Å². The number of pyridine rings is 1. The van der Waals surface area contributed by atoms with Crippen LogP contribution in [0.4, 0.5) is 5.82 Å². The van der Waals surface area contributed by atoms with Gasteiger partial charge in [-0.05, 0) is 31.4 Å². The summed E-state index contributed by atoms with van der Waals surface area (Å²) in [5.41, 5.74) is 5.61. The van der Waals surface area contributed by atoms with Crippen molar-refractivity contribution in [3.63, 3.8) is 0 Å². The second kappa shape index (κ2) is 6.17. The highest BCUT2D eigenvalue weighted by atomic mass is 16.2. The summed E-state index contributed by atoms with van der Waals surface area (Å²) in [6.45, 7) is 0.579. The molecule has 6 heteroatoms. The fraction of sp³-hybridized carbons (Fsp3) is 0.462. The van der Waals surface area contributed by atoms with E-state index in [0.29, 0.717) is 36.8 Å². The Morgan fingerprint density at radius 2 is 2.21 bits per heavy atom. The molecule has 1 saturated carbocycles. The zero-order valence-corrected chi connectivity index (χ0v) is 10.7. The maximum absolute atomic E-state index is 11.5. The standard InChI is InChI=1S/C13H18N4O2/c14-12(19)10-3-1-7-15-13(10)16-8-2-4-11(18)17-9-5-6-9/h1,3,7,9H,2,4-6,8H2,(H2,14,19)(H,15,16)(H,17,18). The van der Waals surface area contributed by atoms with Crippen LogP contribution in [0.3, 0.4) is 0 Å². The number of aromatic nitrogens is 1. The lowest BCUT2D eigenvalue weighted by Gasteiger charge is -2.08. The van der Waals surface area contributed by atoms with Crippen LogP contribution in [0.5, 0.6) is 0 Å². The summed E-state index contributed by atoms with van der Waals surface area (Å²) >= 11 is 0. The van der Waals surface area contributed by atoms with Crippen molar-refractivity contribution in [1.29, 1.82) is 0 Å². The molecular formula is C13H18N4O2. The number of hydrogen-bond donors (Lipinski definition) is 3. The molecule has 0 bridgehead atoms. The minimum absolute atomic E-state index is 0.0837. The third-order valence-electron chi connectivity index (χ3n) is 2.89. The van der Waals surface area contributed by atoms with E-state index >= 15 is 0 Å². The maximum Gasteiger partial charge on any atom is 0.252 e. The van der Waals surface area contributed by atoms with Crippen LogP contribution in [-0.4, -0.2) is 29.4 Å². The molecule has 2 amide bonds. The average molecular weight is 262 g/mol. The highest BCUT2D eigenvalue weighted by Gasteiger charge is 2.22. The van der Waals surface area contributed by atoms with Crippen LogP contribution in [0.1, 0.15) is 36.0 Å². The van der Waals surface area contributed by atoms with Crippen molar-refractivity contribution >= 4 is 17.6 Å². The topological polar surface area (TPSA) is 97.1 Å². The smallest absolute Gasteiger partial charge is 0.252 e. The molecule has 19 heavy (non-hydrogen) atoms. The van der Waals surface area contributed by atoms with Crippen LogP contribution in [0.25, 0.3) is 0 Å². The Labute approximate surface area is 111 Å². The summed E-state index contributed by atoms with van der Waals surface area (Å²) in [6.07, 6.45) is 4.95. The average Bonchev–Trinajstić information content (AvgIpc) is 3.19. The van der Waals surface area contributed by atoms with Crippen molar-refractivity contribution in [2.75, 3.05) is 11.9 Å². The van der Waals surface area contributed by atoms with E-state index in [2.05, 4.69) is 15.6 Å². The SMILES string of the molecule is NC(=O)c1cccnc1NCCCC(=O)NC1CC1. The first-order chi connectivity index (χ1) is 9.16. The third-order valence-corrected chi connectivity index (χ3v) is 2.89. The second-order valence-electron chi connectivity index (χ2n) is 4.64. The number of nitrogens with zero attached hydrogens (tertiary/aromatic N) is 1. The highest BCUT2D eigenvalue weighted by Crippen LogP contribution is 2.18. The molecule has 1 aromatic heterocycles. The van der Waals surface area contributed by atoms with Crippen LogP contribution in [0.15, 0.2) is 18.3 Å². The molecule has 0 aromatic carbocycles. The van der Waals surface area contributed by atoms with Crippen molar-refractivity contribution in [3.8, 4) is 0 Å². The van der Waals surface area contributed by atoms with Gasteiger partial charge in [-0.1, -0.05) is 0 Å². The van der Waals surface area contributed by atoms with Crippen LogP contribution < -0.4 is 16.4 Å². The van der Waals surface area contributed by atoms with Crippen molar-refractivity contribution in [1.82, 2.24) is 10.3 Å². The van der Waals surface area contributed by atoms with E-state index in [1.54, 1.807) is 18.3 Å². The van der Waals surface area contributed by atoms with E-state index in [1.807, 2.05) is 0 Å². The van der Waals surface area contributed by atoms with Gasteiger partial charge in [-0.3, -0.25) is 9.59 Å². The Kier molecular flexibility index (Phi) is 4.33. The lowest BCUT2D eigenvalue weighted by Crippen LogP contribution is -2.25. The lowest BCUT2D eigenvalue weighted by atomic mass is 10.2. The van der Waals surface area contributed by atoms with Crippen molar-refractivity contribution < 1.29 is 9.59 Å². The molecule has 0 spiro atoms. The number of carbonyl (C=O) groups is 2. The van der Waals surface area contributed by atoms with Gasteiger partial charge in [0.05, 0.1) is 5.56 Å². The van der Waals surface area contributed by atoms with Crippen molar-refractivity contribution in [2.24, 2.45) is 5.73 Å². The summed E-state index contributed by atoms with van der Waals surface area (Å²) in [5.74, 6) is 0.0418. The molecule has 0 aliphatic heterocycles. The first kappa shape index (κ1) is 13.3. The molecule has 4 N–H and O–H groups in total. The molecule has 6 nitrogen and oxygen atoms in total. The lowest BCUT2D eigenvalue weighted by molar-refractivity contribution is -0.121. The summed E-state index contributed by atoms with van der Waals surface area (Å²) < 4.78 is 0. The fourth-order valence-electron chi connectivity index (χ4n) is 1.73. The summed E-state index contributed by atoms with van der Waals surface area (Å²) in [7, 11) is 0. The summed E-state index contributed by atoms with van der Waals surface area (Å²) in [5, 5.41) is 5.95. The normalized spacial score (nSPS) is 13.9. The van der Waals surface area contributed by atoms with E-state index in [9.17, 15) is 9.59 Å². The molecular weight excluding hydrogens is 244 g/mol.